The van der Waals surface area contributed by atoms with Crippen molar-refractivity contribution in [3.8, 4) is 0 Å². The molecule has 1 N–H and O–H groups in total. The molecule has 0 saturated heterocycles. The van der Waals surface area contributed by atoms with Crippen molar-refractivity contribution in [3.63, 3.8) is 0 Å². The molecule has 0 amide bonds. The standard InChI is InChI=1S/C20H19N7O/c28-9-8-26-13-16(11-22-26)18-5-6-19-20(23-18)27(25-24-19)12-14-3-4-17-15(10-14)2-1-7-21-17/h1-4,6-7,10-11,13,18,28H,5,8-9,12H2. The maximum atomic E-state index is 9.07. The highest BCUT2D eigenvalue weighted by molar-refractivity contribution is 5.78. The second kappa shape index (κ2) is 6.97. The zero-order valence-corrected chi connectivity index (χ0v) is 15.2. The lowest BCUT2D eigenvalue weighted by atomic mass is 10.1. The summed E-state index contributed by atoms with van der Waals surface area (Å²) >= 11 is 0. The van der Waals surface area contributed by atoms with Crippen LogP contribution in [0.25, 0.3) is 17.0 Å². The van der Waals surface area contributed by atoms with Crippen LogP contribution in [0.4, 0.5) is 0 Å². The van der Waals surface area contributed by atoms with E-state index in [9.17, 15) is 0 Å². The number of aromatic nitrogens is 6. The molecule has 0 radical (unpaired) electrons. The number of fused-ring (bicyclic) bond motifs is 2. The molecule has 0 aliphatic carbocycles. The van der Waals surface area contributed by atoms with Crippen LogP contribution in [0, 0.1) is 0 Å². The predicted molar refractivity (Wildman–Crippen MR) is 103 cm³/mol. The average molecular weight is 373 g/mol. The van der Waals surface area contributed by atoms with Gasteiger partial charge in [-0.2, -0.15) is 5.10 Å². The van der Waals surface area contributed by atoms with Gasteiger partial charge >= 0.3 is 0 Å². The molecule has 0 saturated carbocycles. The van der Waals surface area contributed by atoms with Gasteiger partial charge in [-0.05, 0) is 30.2 Å². The second-order valence-corrected chi connectivity index (χ2v) is 6.83. The number of rotatable bonds is 5. The Morgan fingerprint density at radius 1 is 1.21 bits per heavy atom. The van der Waals surface area contributed by atoms with Gasteiger partial charge in [-0.1, -0.05) is 23.4 Å². The SMILES string of the molecule is OCCn1cc(C2CC=c3nnn(Cc4ccc5ncccc5c4)c3=N2)cn1. The van der Waals surface area contributed by atoms with E-state index in [-0.39, 0.29) is 12.6 Å². The van der Waals surface area contributed by atoms with Gasteiger partial charge in [-0.3, -0.25) is 14.7 Å². The minimum Gasteiger partial charge on any atom is -0.394 e. The van der Waals surface area contributed by atoms with Crippen molar-refractivity contribution in [3.05, 3.63) is 70.9 Å². The molecule has 3 aromatic heterocycles. The summed E-state index contributed by atoms with van der Waals surface area (Å²) in [6, 6.07) is 10.2. The Balaban J connectivity index is 1.47. The van der Waals surface area contributed by atoms with Gasteiger partial charge in [-0.15, -0.1) is 5.10 Å². The number of nitrogens with zero attached hydrogens (tertiary/aromatic N) is 7. The van der Waals surface area contributed by atoms with E-state index in [1.54, 1.807) is 10.9 Å². The number of benzene rings is 1. The summed E-state index contributed by atoms with van der Waals surface area (Å²) in [4.78, 5) is 9.25. The third-order valence-corrected chi connectivity index (χ3v) is 4.91. The summed E-state index contributed by atoms with van der Waals surface area (Å²) in [6.07, 6.45) is 8.39. The summed E-state index contributed by atoms with van der Waals surface area (Å²) in [5.41, 5.74) is 3.92. The molecule has 1 aliphatic rings. The van der Waals surface area contributed by atoms with Crippen molar-refractivity contribution in [1.82, 2.24) is 29.8 Å². The Hall–Kier alpha value is -3.39. The first kappa shape index (κ1) is 16.8. The van der Waals surface area contributed by atoms with Crippen LogP contribution in [0.1, 0.15) is 23.6 Å². The van der Waals surface area contributed by atoms with Crippen LogP contribution in [0.15, 0.2) is 53.9 Å². The van der Waals surface area contributed by atoms with Crippen molar-refractivity contribution in [1.29, 1.82) is 0 Å². The van der Waals surface area contributed by atoms with Gasteiger partial charge in [-0.25, -0.2) is 4.68 Å². The highest BCUT2D eigenvalue weighted by Crippen LogP contribution is 2.21. The lowest BCUT2D eigenvalue weighted by Gasteiger charge is -2.10. The Kier molecular flexibility index (Phi) is 4.17. The fraction of sp³-hybridized carbons (Fsp3) is 0.250. The first-order chi connectivity index (χ1) is 13.8. The average Bonchev–Trinajstić information content (AvgIpc) is 3.35. The number of aliphatic hydroxyl groups is 1. The van der Waals surface area contributed by atoms with Crippen LogP contribution in [-0.2, 0) is 13.1 Å². The molecule has 8 nitrogen and oxygen atoms in total. The van der Waals surface area contributed by atoms with Crippen LogP contribution in [0.2, 0.25) is 0 Å². The lowest BCUT2D eigenvalue weighted by molar-refractivity contribution is 0.269. The third-order valence-electron chi connectivity index (χ3n) is 4.91. The Labute approximate surface area is 160 Å². The highest BCUT2D eigenvalue weighted by Gasteiger charge is 2.17. The van der Waals surface area contributed by atoms with Crippen molar-refractivity contribution < 1.29 is 5.11 Å². The van der Waals surface area contributed by atoms with Crippen molar-refractivity contribution in [2.24, 2.45) is 4.99 Å². The molecule has 0 fully saturated rings. The van der Waals surface area contributed by atoms with Crippen LogP contribution in [-0.4, -0.2) is 41.5 Å². The normalized spacial score (nSPS) is 15.8. The van der Waals surface area contributed by atoms with Crippen LogP contribution < -0.4 is 10.8 Å². The van der Waals surface area contributed by atoms with Gasteiger partial charge in [0.25, 0.3) is 0 Å². The molecule has 140 valence electrons. The fourth-order valence-electron chi connectivity index (χ4n) is 3.50. The largest absolute Gasteiger partial charge is 0.394 e. The van der Waals surface area contributed by atoms with Crippen molar-refractivity contribution in [2.75, 3.05) is 6.61 Å². The lowest BCUT2D eigenvalue weighted by Crippen LogP contribution is -2.34. The Bertz CT molecular complexity index is 1260. The van der Waals surface area contributed by atoms with Gasteiger partial charge < -0.3 is 5.11 Å². The van der Waals surface area contributed by atoms with E-state index < -0.39 is 0 Å². The van der Waals surface area contributed by atoms with Gasteiger partial charge in [0.05, 0.1) is 37.5 Å². The van der Waals surface area contributed by atoms with Gasteiger partial charge in [0, 0.05) is 23.3 Å². The number of hydrogen-bond acceptors (Lipinski definition) is 6. The molecule has 1 atom stereocenters. The summed E-state index contributed by atoms with van der Waals surface area (Å²) < 4.78 is 3.58. The molecule has 0 bridgehead atoms. The van der Waals surface area contributed by atoms with Crippen molar-refractivity contribution >= 4 is 17.0 Å². The van der Waals surface area contributed by atoms with Crippen LogP contribution in [0.5, 0.6) is 0 Å². The topological polar surface area (TPSA) is 94.0 Å². The quantitative estimate of drug-likeness (QED) is 0.553. The molecular formula is C20H19N7O. The van der Waals surface area contributed by atoms with Gasteiger partial charge in [0.1, 0.15) is 5.35 Å². The van der Waals surface area contributed by atoms with E-state index >= 15 is 0 Å². The first-order valence-corrected chi connectivity index (χ1v) is 9.24. The van der Waals surface area contributed by atoms with E-state index in [1.165, 1.54) is 0 Å². The molecule has 4 aromatic rings. The summed E-state index contributed by atoms with van der Waals surface area (Å²) in [7, 11) is 0. The minimum atomic E-state index is -0.0157. The van der Waals surface area contributed by atoms with Gasteiger partial charge in [0.2, 0.25) is 0 Å². The summed E-state index contributed by atoms with van der Waals surface area (Å²) in [5.74, 6) is 0. The molecule has 5 rings (SSSR count). The fourth-order valence-corrected chi connectivity index (χ4v) is 3.50. The van der Waals surface area contributed by atoms with Gasteiger partial charge in [0.15, 0.2) is 5.49 Å². The molecule has 1 aliphatic heterocycles. The van der Waals surface area contributed by atoms with E-state index in [0.717, 1.165) is 39.3 Å². The molecular weight excluding hydrogens is 354 g/mol. The maximum Gasteiger partial charge on any atom is 0.174 e. The molecule has 0 spiro atoms. The minimum absolute atomic E-state index is 0.0157. The first-order valence-electron chi connectivity index (χ1n) is 9.24. The molecule has 1 aromatic carbocycles. The van der Waals surface area contributed by atoms with Crippen LogP contribution in [0.3, 0.4) is 0 Å². The summed E-state index contributed by atoms with van der Waals surface area (Å²) in [6.45, 7) is 1.15. The number of aliphatic hydroxyl groups excluding tert-OH is 1. The maximum absolute atomic E-state index is 9.07. The van der Waals surface area contributed by atoms with E-state index in [0.29, 0.717) is 13.1 Å². The number of hydrogen-bond donors (Lipinski definition) is 1. The Morgan fingerprint density at radius 2 is 2.18 bits per heavy atom. The zero-order chi connectivity index (χ0) is 18.9. The van der Waals surface area contributed by atoms with E-state index in [1.807, 2.05) is 29.2 Å². The zero-order valence-electron chi connectivity index (χ0n) is 15.2. The highest BCUT2D eigenvalue weighted by atomic mass is 16.3. The third kappa shape index (κ3) is 3.07. The van der Waals surface area contributed by atoms with E-state index in [4.69, 9.17) is 10.1 Å². The predicted octanol–water partition coefficient (Wildman–Crippen LogP) is 0.608. The Morgan fingerprint density at radius 3 is 3.11 bits per heavy atom. The molecule has 4 heterocycles. The monoisotopic (exact) mass is 373 g/mol. The second-order valence-electron chi connectivity index (χ2n) is 6.83. The number of pyridine rings is 1. The molecule has 1 unspecified atom stereocenters. The van der Waals surface area contributed by atoms with Crippen molar-refractivity contribution in [2.45, 2.75) is 25.6 Å². The summed E-state index contributed by atoms with van der Waals surface area (Å²) in [5, 5.41) is 23.9. The molecule has 8 heteroatoms. The smallest absolute Gasteiger partial charge is 0.174 e. The molecule has 28 heavy (non-hydrogen) atoms. The van der Waals surface area contributed by atoms with Crippen LogP contribution >= 0.6 is 0 Å². The van der Waals surface area contributed by atoms with E-state index in [2.05, 4.69) is 44.7 Å².